The summed E-state index contributed by atoms with van der Waals surface area (Å²) in [5.41, 5.74) is 0. The zero-order chi connectivity index (χ0) is 9.52. The zero-order valence-corrected chi connectivity index (χ0v) is 7.44. The van der Waals surface area contributed by atoms with Gasteiger partial charge in [0.1, 0.15) is 0 Å². The van der Waals surface area contributed by atoms with Crippen LogP contribution < -0.4 is 4.74 Å². The molecule has 1 aromatic carbocycles. The number of para-hydroxylation sites is 2. The van der Waals surface area contributed by atoms with E-state index in [0.717, 1.165) is 12.8 Å². The van der Waals surface area contributed by atoms with Crippen molar-refractivity contribution in [1.29, 1.82) is 0 Å². The van der Waals surface area contributed by atoms with Crippen molar-refractivity contribution in [3.63, 3.8) is 0 Å². The topological polar surface area (TPSA) is 49.7 Å². The quantitative estimate of drug-likeness (QED) is 0.679. The summed E-state index contributed by atoms with van der Waals surface area (Å²) in [6, 6.07) is 6.85. The normalized spacial score (nSPS) is 9.92. The number of aromatic hydroxyl groups is 1. The van der Waals surface area contributed by atoms with Crippen molar-refractivity contribution >= 4 is 0 Å². The summed E-state index contributed by atoms with van der Waals surface area (Å²) in [7, 11) is 0. The van der Waals surface area contributed by atoms with Gasteiger partial charge in [-0.25, -0.2) is 0 Å². The van der Waals surface area contributed by atoms with Crippen LogP contribution in [0.5, 0.6) is 11.5 Å². The van der Waals surface area contributed by atoms with Crippen molar-refractivity contribution in [1.82, 2.24) is 0 Å². The molecule has 0 amide bonds. The lowest BCUT2D eigenvalue weighted by Gasteiger charge is -2.06. The Hall–Kier alpha value is -1.22. The van der Waals surface area contributed by atoms with E-state index < -0.39 is 0 Å². The van der Waals surface area contributed by atoms with Crippen LogP contribution in [0.3, 0.4) is 0 Å². The minimum Gasteiger partial charge on any atom is -0.504 e. The van der Waals surface area contributed by atoms with Crippen LogP contribution in [0.1, 0.15) is 12.8 Å². The summed E-state index contributed by atoms with van der Waals surface area (Å²) in [5.74, 6) is 0.659. The van der Waals surface area contributed by atoms with E-state index >= 15 is 0 Å². The molecule has 0 aliphatic rings. The first-order valence-electron chi connectivity index (χ1n) is 4.36. The lowest BCUT2D eigenvalue weighted by atomic mass is 10.3. The molecule has 1 aromatic rings. The van der Waals surface area contributed by atoms with Crippen molar-refractivity contribution in [2.24, 2.45) is 0 Å². The van der Waals surface area contributed by atoms with E-state index in [9.17, 15) is 5.11 Å². The molecule has 0 heterocycles. The van der Waals surface area contributed by atoms with Crippen molar-refractivity contribution in [3.05, 3.63) is 24.3 Å². The third-order valence-electron chi connectivity index (χ3n) is 1.68. The average molecular weight is 182 g/mol. The first kappa shape index (κ1) is 9.86. The monoisotopic (exact) mass is 182 g/mol. The highest BCUT2D eigenvalue weighted by molar-refractivity contribution is 5.37. The van der Waals surface area contributed by atoms with Gasteiger partial charge in [-0.3, -0.25) is 0 Å². The van der Waals surface area contributed by atoms with Crippen LogP contribution in [-0.4, -0.2) is 23.4 Å². The number of aliphatic hydroxyl groups excluding tert-OH is 1. The summed E-state index contributed by atoms with van der Waals surface area (Å²) in [6.07, 6.45) is 1.53. The number of phenolic OH excluding ortho intramolecular Hbond substituents is 1. The van der Waals surface area contributed by atoms with Crippen LogP contribution >= 0.6 is 0 Å². The predicted molar refractivity (Wildman–Crippen MR) is 49.9 cm³/mol. The Balaban J connectivity index is 2.32. The molecule has 3 heteroatoms. The Bertz CT molecular complexity index is 248. The van der Waals surface area contributed by atoms with E-state index in [-0.39, 0.29) is 12.4 Å². The van der Waals surface area contributed by atoms with E-state index in [0.29, 0.717) is 12.4 Å². The smallest absolute Gasteiger partial charge is 0.160 e. The fraction of sp³-hybridized carbons (Fsp3) is 0.400. The molecule has 0 bridgehead atoms. The summed E-state index contributed by atoms with van der Waals surface area (Å²) < 4.78 is 5.28. The van der Waals surface area contributed by atoms with E-state index in [1.165, 1.54) is 0 Å². The van der Waals surface area contributed by atoms with Crippen LogP contribution in [0.4, 0.5) is 0 Å². The van der Waals surface area contributed by atoms with Gasteiger partial charge < -0.3 is 14.9 Å². The highest BCUT2D eigenvalue weighted by Crippen LogP contribution is 2.24. The van der Waals surface area contributed by atoms with Crippen molar-refractivity contribution in [2.75, 3.05) is 13.2 Å². The van der Waals surface area contributed by atoms with E-state index in [1.807, 2.05) is 0 Å². The summed E-state index contributed by atoms with van der Waals surface area (Å²) >= 11 is 0. The summed E-state index contributed by atoms with van der Waals surface area (Å²) in [4.78, 5) is 0. The second-order valence-corrected chi connectivity index (χ2v) is 2.75. The second kappa shape index (κ2) is 5.43. The Labute approximate surface area is 77.6 Å². The van der Waals surface area contributed by atoms with E-state index in [2.05, 4.69) is 0 Å². The van der Waals surface area contributed by atoms with Gasteiger partial charge in [-0.2, -0.15) is 0 Å². The maximum absolute atomic E-state index is 9.29. The molecule has 0 atom stereocenters. The fourth-order valence-corrected chi connectivity index (χ4v) is 0.975. The molecule has 0 radical (unpaired) electrons. The van der Waals surface area contributed by atoms with Crippen molar-refractivity contribution in [3.8, 4) is 11.5 Å². The minimum absolute atomic E-state index is 0.159. The lowest BCUT2D eigenvalue weighted by molar-refractivity contribution is 0.248. The van der Waals surface area contributed by atoms with Crippen LogP contribution in [0.15, 0.2) is 24.3 Å². The van der Waals surface area contributed by atoms with Crippen LogP contribution in [-0.2, 0) is 0 Å². The van der Waals surface area contributed by atoms with E-state index in [1.54, 1.807) is 24.3 Å². The molecule has 0 unspecified atom stereocenters. The molecule has 2 N–H and O–H groups in total. The fourth-order valence-electron chi connectivity index (χ4n) is 0.975. The third-order valence-corrected chi connectivity index (χ3v) is 1.68. The van der Waals surface area contributed by atoms with Gasteiger partial charge in [0.2, 0.25) is 0 Å². The highest BCUT2D eigenvalue weighted by Gasteiger charge is 1.98. The maximum Gasteiger partial charge on any atom is 0.160 e. The standard InChI is InChI=1S/C10H14O3/c11-7-3-4-8-13-10-6-2-1-5-9(10)12/h1-2,5-6,11-12H,3-4,7-8H2. The molecule has 0 aliphatic heterocycles. The van der Waals surface area contributed by atoms with Gasteiger partial charge in [0.25, 0.3) is 0 Å². The number of rotatable bonds is 5. The third kappa shape index (κ3) is 3.34. The summed E-state index contributed by atoms with van der Waals surface area (Å²) in [5, 5.41) is 17.8. The number of aliphatic hydroxyl groups is 1. The average Bonchev–Trinajstić information content (AvgIpc) is 2.15. The second-order valence-electron chi connectivity index (χ2n) is 2.75. The van der Waals surface area contributed by atoms with Crippen LogP contribution in [0.2, 0.25) is 0 Å². The van der Waals surface area contributed by atoms with Crippen LogP contribution in [0.25, 0.3) is 0 Å². The van der Waals surface area contributed by atoms with Gasteiger partial charge in [-0.1, -0.05) is 12.1 Å². The Morgan fingerprint density at radius 2 is 1.92 bits per heavy atom. The Morgan fingerprint density at radius 1 is 1.15 bits per heavy atom. The van der Waals surface area contributed by atoms with Gasteiger partial charge in [0, 0.05) is 6.61 Å². The molecule has 0 aromatic heterocycles. The SMILES string of the molecule is OCCCCOc1ccccc1O. The lowest BCUT2D eigenvalue weighted by Crippen LogP contribution is -1.98. The predicted octanol–water partition coefficient (Wildman–Crippen LogP) is 1.54. The number of ether oxygens (including phenoxy) is 1. The Kier molecular flexibility index (Phi) is 4.12. The molecule has 72 valence electrons. The molecule has 0 fully saturated rings. The number of hydrogen-bond acceptors (Lipinski definition) is 3. The molecule has 0 saturated carbocycles. The van der Waals surface area contributed by atoms with Crippen molar-refractivity contribution < 1.29 is 14.9 Å². The number of unbranched alkanes of at least 4 members (excludes halogenated alkanes) is 1. The van der Waals surface area contributed by atoms with Crippen LogP contribution in [0, 0.1) is 0 Å². The zero-order valence-electron chi connectivity index (χ0n) is 7.44. The highest BCUT2D eigenvalue weighted by atomic mass is 16.5. The molecule has 3 nitrogen and oxygen atoms in total. The van der Waals surface area contributed by atoms with Gasteiger partial charge in [0.05, 0.1) is 6.61 Å². The molecule has 1 rings (SSSR count). The van der Waals surface area contributed by atoms with Crippen molar-refractivity contribution in [2.45, 2.75) is 12.8 Å². The van der Waals surface area contributed by atoms with Gasteiger partial charge >= 0.3 is 0 Å². The summed E-state index contributed by atoms with van der Waals surface area (Å²) in [6.45, 7) is 0.711. The molecule has 13 heavy (non-hydrogen) atoms. The number of hydrogen-bond donors (Lipinski definition) is 2. The number of benzene rings is 1. The molecule has 0 spiro atoms. The first-order chi connectivity index (χ1) is 6.34. The van der Waals surface area contributed by atoms with Gasteiger partial charge in [-0.05, 0) is 25.0 Å². The Morgan fingerprint density at radius 3 is 2.62 bits per heavy atom. The number of phenols is 1. The molecular formula is C10H14O3. The minimum atomic E-state index is 0.159. The van der Waals surface area contributed by atoms with Gasteiger partial charge in [-0.15, -0.1) is 0 Å². The first-order valence-corrected chi connectivity index (χ1v) is 4.36. The molecule has 0 aliphatic carbocycles. The largest absolute Gasteiger partial charge is 0.504 e. The molecular weight excluding hydrogens is 168 g/mol. The maximum atomic E-state index is 9.29. The van der Waals surface area contributed by atoms with Gasteiger partial charge in [0.15, 0.2) is 11.5 Å². The molecule has 0 saturated heterocycles. The van der Waals surface area contributed by atoms with E-state index in [4.69, 9.17) is 9.84 Å².